The molecule has 202 valence electrons. The third kappa shape index (κ3) is 5.67. The highest BCUT2D eigenvalue weighted by molar-refractivity contribution is 6.32. The van der Waals surface area contributed by atoms with Gasteiger partial charge in [0.05, 0.1) is 24.4 Å². The quantitative estimate of drug-likeness (QED) is 0.325. The SMILES string of the molecule is COC(=O)c1nc(CN2N=C(c3ccc(Cl)cc3)N(C[C@H](O)C(F)(F)F)C2O)nn1-c1ccc(F)cc1Cl. The average molecular weight is 577 g/mol. The molecule has 0 saturated carbocycles. The van der Waals surface area contributed by atoms with Gasteiger partial charge in [-0.3, -0.25) is 0 Å². The number of nitrogens with zero attached hydrogens (tertiary/aromatic N) is 6. The molecule has 0 aliphatic carbocycles. The molecule has 1 aliphatic heterocycles. The van der Waals surface area contributed by atoms with E-state index in [1.165, 1.54) is 30.3 Å². The van der Waals surface area contributed by atoms with E-state index in [2.05, 4.69) is 15.2 Å². The number of β-amino-alcohol motifs (C(OH)–C–C–N with tert-alkyl or cyclic N) is 1. The van der Waals surface area contributed by atoms with Gasteiger partial charge in [0.1, 0.15) is 12.4 Å². The van der Waals surface area contributed by atoms with Gasteiger partial charge in [-0.1, -0.05) is 23.2 Å². The molecule has 2 heterocycles. The molecule has 1 aromatic heterocycles. The summed E-state index contributed by atoms with van der Waals surface area (Å²) >= 11 is 12.0. The summed E-state index contributed by atoms with van der Waals surface area (Å²) in [6.07, 6.45) is -9.53. The molecule has 2 N–H and O–H groups in total. The number of amidine groups is 1. The van der Waals surface area contributed by atoms with Crippen LogP contribution < -0.4 is 0 Å². The Kier molecular flexibility index (Phi) is 7.78. The largest absolute Gasteiger partial charge is 0.463 e. The minimum atomic E-state index is -4.96. The van der Waals surface area contributed by atoms with E-state index >= 15 is 0 Å². The number of hydrogen-bond acceptors (Lipinski definition) is 9. The summed E-state index contributed by atoms with van der Waals surface area (Å²) in [5, 5.41) is 30.1. The molecule has 0 fully saturated rings. The van der Waals surface area contributed by atoms with Gasteiger partial charge in [0.25, 0.3) is 0 Å². The Morgan fingerprint density at radius 3 is 2.47 bits per heavy atom. The second-order valence-electron chi connectivity index (χ2n) is 7.94. The lowest BCUT2D eigenvalue weighted by Gasteiger charge is -2.29. The summed E-state index contributed by atoms with van der Waals surface area (Å²) < 4.78 is 58.6. The highest BCUT2D eigenvalue weighted by atomic mass is 35.5. The molecule has 1 unspecified atom stereocenters. The van der Waals surface area contributed by atoms with E-state index < -0.39 is 43.5 Å². The highest BCUT2D eigenvalue weighted by Gasteiger charge is 2.43. The zero-order valence-electron chi connectivity index (χ0n) is 19.3. The molecule has 1 aliphatic rings. The van der Waals surface area contributed by atoms with Crippen LogP contribution in [-0.2, 0) is 11.3 Å². The van der Waals surface area contributed by atoms with Gasteiger partial charge in [0.15, 0.2) is 17.8 Å². The van der Waals surface area contributed by atoms with Crippen molar-refractivity contribution in [2.75, 3.05) is 13.7 Å². The highest BCUT2D eigenvalue weighted by Crippen LogP contribution is 2.28. The van der Waals surface area contributed by atoms with Crippen molar-refractivity contribution in [3.8, 4) is 5.69 Å². The minimum absolute atomic E-state index is 0.0910. The predicted molar refractivity (Wildman–Crippen MR) is 126 cm³/mol. The smallest absolute Gasteiger partial charge is 0.416 e. The molecule has 38 heavy (non-hydrogen) atoms. The van der Waals surface area contributed by atoms with Crippen LogP contribution >= 0.6 is 23.2 Å². The Labute approximate surface area is 222 Å². The van der Waals surface area contributed by atoms with E-state index in [9.17, 15) is 32.6 Å². The number of benzene rings is 2. The Balaban J connectivity index is 1.70. The first-order valence-electron chi connectivity index (χ1n) is 10.7. The number of carbonyl (C=O) groups excluding carboxylic acids is 1. The molecular weight excluding hydrogens is 559 g/mol. The number of halogens is 6. The Morgan fingerprint density at radius 1 is 1.18 bits per heavy atom. The molecule has 10 nitrogen and oxygen atoms in total. The van der Waals surface area contributed by atoms with Gasteiger partial charge in [-0.05, 0) is 42.5 Å². The van der Waals surface area contributed by atoms with Gasteiger partial charge in [-0.15, -0.1) is 5.10 Å². The molecule has 0 radical (unpaired) electrons. The Morgan fingerprint density at radius 2 is 1.87 bits per heavy atom. The predicted octanol–water partition coefficient (Wildman–Crippen LogP) is 3.18. The summed E-state index contributed by atoms with van der Waals surface area (Å²) in [7, 11) is 1.10. The van der Waals surface area contributed by atoms with Crippen molar-refractivity contribution in [2.24, 2.45) is 5.10 Å². The molecule has 16 heteroatoms. The molecule has 4 rings (SSSR count). The maximum Gasteiger partial charge on any atom is 0.416 e. The van der Waals surface area contributed by atoms with Gasteiger partial charge in [0.2, 0.25) is 12.2 Å². The number of esters is 1. The number of aliphatic hydroxyl groups is 2. The summed E-state index contributed by atoms with van der Waals surface area (Å²) in [6.45, 7) is -1.43. The van der Waals surface area contributed by atoms with E-state index in [0.29, 0.717) is 10.6 Å². The van der Waals surface area contributed by atoms with Crippen molar-refractivity contribution in [3.05, 3.63) is 75.5 Å². The Hall–Kier alpha value is -3.46. The van der Waals surface area contributed by atoms with E-state index in [1.807, 2.05) is 0 Å². The van der Waals surface area contributed by atoms with Crippen molar-refractivity contribution in [3.63, 3.8) is 0 Å². The maximum atomic E-state index is 13.5. The number of aliphatic hydroxyl groups excluding tert-OH is 2. The fourth-order valence-electron chi connectivity index (χ4n) is 3.52. The van der Waals surface area contributed by atoms with Gasteiger partial charge >= 0.3 is 12.1 Å². The molecule has 2 aromatic carbocycles. The summed E-state index contributed by atoms with van der Waals surface area (Å²) in [5.74, 6) is -2.08. The molecule has 2 atom stereocenters. The zero-order valence-corrected chi connectivity index (χ0v) is 20.8. The van der Waals surface area contributed by atoms with Crippen LogP contribution in [0.25, 0.3) is 5.69 Å². The second kappa shape index (κ2) is 10.7. The summed E-state index contributed by atoms with van der Waals surface area (Å²) in [4.78, 5) is 17.3. The van der Waals surface area contributed by atoms with E-state index in [-0.39, 0.29) is 28.2 Å². The van der Waals surface area contributed by atoms with E-state index in [0.717, 1.165) is 33.8 Å². The normalized spacial score (nSPS) is 16.6. The zero-order chi connectivity index (χ0) is 27.8. The topological polar surface area (TPSA) is 116 Å². The first kappa shape index (κ1) is 27.6. The van der Waals surface area contributed by atoms with Crippen LogP contribution in [0.2, 0.25) is 10.0 Å². The second-order valence-corrected chi connectivity index (χ2v) is 8.78. The number of ether oxygens (including phenoxy) is 1. The third-order valence-corrected chi connectivity index (χ3v) is 5.91. The maximum absolute atomic E-state index is 13.5. The lowest BCUT2D eigenvalue weighted by molar-refractivity contribution is -0.212. The third-order valence-electron chi connectivity index (χ3n) is 5.35. The lowest BCUT2D eigenvalue weighted by atomic mass is 10.2. The van der Waals surface area contributed by atoms with Gasteiger partial charge in [-0.2, -0.15) is 18.3 Å². The number of methoxy groups -OCH3 is 1. The van der Waals surface area contributed by atoms with Crippen molar-refractivity contribution in [1.82, 2.24) is 24.7 Å². The Bertz CT molecular complexity index is 1370. The lowest BCUT2D eigenvalue weighted by Crippen LogP contribution is -2.49. The fourth-order valence-corrected chi connectivity index (χ4v) is 3.90. The summed E-state index contributed by atoms with van der Waals surface area (Å²) in [5.41, 5.74) is 0.395. The van der Waals surface area contributed by atoms with Crippen LogP contribution in [0.1, 0.15) is 22.0 Å². The van der Waals surface area contributed by atoms with Crippen LogP contribution in [0.15, 0.2) is 47.6 Å². The fraction of sp³-hybridized carbons (Fsp3) is 0.273. The summed E-state index contributed by atoms with van der Waals surface area (Å²) in [6, 6.07) is 9.24. The standard InChI is InChI=1S/C22H18Cl2F4N6O4/c1-38-20(36)19-29-17(30-34(19)15-7-6-13(25)8-14(15)24)10-33-21(37)32(9-16(35)22(26,27)28)18(31-33)11-2-4-12(23)5-3-11/h2-8,16,21,35,37H,9-10H2,1H3/t16-,21?/m0/s1. The number of rotatable bonds is 7. The van der Waals surface area contributed by atoms with Crippen molar-refractivity contribution >= 4 is 35.0 Å². The van der Waals surface area contributed by atoms with Crippen molar-refractivity contribution in [1.29, 1.82) is 0 Å². The molecule has 0 saturated heterocycles. The number of carbonyl (C=O) groups is 1. The van der Waals surface area contributed by atoms with Gasteiger partial charge < -0.3 is 19.8 Å². The van der Waals surface area contributed by atoms with Crippen LogP contribution in [0.3, 0.4) is 0 Å². The average Bonchev–Trinajstić information content (AvgIpc) is 3.40. The van der Waals surface area contributed by atoms with Crippen LogP contribution in [-0.4, -0.2) is 79.0 Å². The van der Waals surface area contributed by atoms with Gasteiger partial charge in [-0.25, -0.2) is 23.9 Å². The molecule has 0 amide bonds. The number of alkyl halides is 3. The molecule has 0 bridgehead atoms. The van der Waals surface area contributed by atoms with Crippen molar-refractivity contribution in [2.45, 2.75) is 25.2 Å². The van der Waals surface area contributed by atoms with E-state index in [4.69, 9.17) is 27.9 Å². The first-order valence-corrected chi connectivity index (χ1v) is 11.4. The van der Waals surface area contributed by atoms with Crippen LogP contribution in [0.5, 0.6) is 0 Å². The first-order chi connectivity index (χ1) is 17.9. The number of hydrazone groups is 1. The van der Waals surface area contributed by atoms with Crippen LogP contribution in [0.4, 0.5) is 17.6 Å². The van der Waals surface area contributed by atoms with Crippen molar-refractivity contribution < 1.29 is 37.3 Å². The monoisotopic (exact) mass is 576 g/mol. The number of hydrogen-bond donors (Lipinski definition) is 2. The molecule has 3 aromatic rings. The van der Waals surface area contributed by atoms with Gasteiger partial charge in [0, 0.05) is 10.6 Å². The molecular formula is C22H18Cl2F4N6O4. The van der Waals surface area contributed by atoms with E-state index in [1.54, 1.807) is 0 Å². The minimum Gasteiger partial charge on any atom is -0.463 e. The molecule has 0 spiro atoms. The van der Waals surface area contributed by atoms with Crippen LogP contribution in [0, 0.1) is 5.82 Å². The number of aromatic nitrogens is 3.